The normalized spacial score (nSPS) is 31.7. The van der Waals surface area contributed by atoms with Gasteiger partial charge in [0, 0.05) is 6.42 Å². The van der Waals surface area contributed by atoms with Crippen molar-refractivity contribution < 1.29 is 9.90 Å². The van der Waals surface area contributed by atoms with Gasteiger partial charge in [-0.15, -0.1) is 0 Å². The minimum absolute atomic E-state index is 0.376. The predicted octanol–water partition coefficient (Wildman–Crippen LogP) is 2.29. The van der Waals surface area contributed by atoms with Crippen LogP contribution in [-0.2, 0) is 4.79 Å². The van der Waals surface area contributed by atoms with Crippen LogP contribution < -0.4 is 0 Å². The molecule has 0 saturated heterocycles. The predicted molar refractivity (Wildman–Crippen MR) is 43.4 cm³/mol. The van der Waals surface area contributed by atoms with E-state index in [0.29, 0.717) is 18.3 Å². The summed E-state index contributed by atoms with van der Waals surface area (Å²) >= 11 is 0. The molecule has 0 unspecified atom stereocenters. The van der Waals surface area contributed by atoms with Gasteiger partial charge in [0.1, 0.15) is 0 Å². The van der Waals surface area contributed by atoms with Crippen LogP contribution in [0.1, 0.15) is 39.0 Å². The van der Waals surface area contributed by atoms with Gasteiger partial charge in [-0.25, -0.2) is 0 Å². The lowest BCUT2D eigenvalue weighted by Gasteiger charge is -2.27. The van der Waals surface area contributed by atoms with E-state index in [0.717, 1.165) is 6.42 Å². The average molecular weight is 156 g/mol. The third-order valence-corrected chi connectivity index (χ3v) is 2.73. The van der Waals surface area contributed by atoms with Crippen LogP contribution in [0.2, 0.25) is 0 Å². The molecule has 2 nitrogen and oxygen atoms in total. The first-order valence-corrected chi connectivity index (χ1v) is 4.42. The van der Waals surface area contributed by atoms with E-state index >= 15 is 0 Å². The van der Waals surface area contributed by atoms with Gasteiger partial charge < -0.3 is 5.11 Å². The maximum absolute atomic E-state index is 10.4. The summed E-state index contributed by atoms with van der Waals surface area (Å²) in [5.74, 6) is 0.435. The molecule has 0 aromatic carbocycles. The van der Waals surface area contributed by atoms with Crippen molar-refractivity contribution in [2.45, 2.75) is 39.0 Å². The lowest BCUT2D eigenvalue weighted by molar-refractivity contribution is -0.138. The second kappa shape index (κ2) is 3.74. The number of hydrogen-bond acceptors (Lipinski definition) is 1. The van der Waals surface area contributed by atoms with Crippen molar-refractivity contribution in [2.24, 2.45) is 11.8 Å². The molecule has 11 heavy (non-hydrogen) atoms. The maximum atomic E-state index is 10.4. The molecular weight excluding hydrogens is 140 g/mol. The van der Waals surface area contributed by atoms with Crippen molar-refractivity contribution in [3.63, 3.8) is 0 Å². The first-order valence-electron chi connectivity index (χ1n) is 4.42. The van der Waals surface area contributed by atoms with Crippen LogP contribution >= 0.6 is 0 Å². The Morgan fingerprint density at radius 1 is 1.45 bits per heavy atom. The third-order valence-electron chi connectivity index (χ3n) is 2.73. The highest BCUT2D eigenvalue weighted by molar-refractivity contribution is 5.67. The Labute approximate surface area is 67.6 Å². The largest absolute Gasteiger partial charge is 0.481 e. The summed E-state index contributed by atoms with van der Waals surface area (Å²) in [6.07, 6.45) is 5.23. The van der Waals surface area contributed by atoms with Gasteiger partial charge >= 0.3 is 5.97 Å². The zero-order valence-corrected chi connectivity index (χ0v) is 7.05. The van der Waals surface area contributed by atoms with E-state index in [2.05, 4.69) is 6.92 Å². The Hall–Kier alpha value is -0.530. The molecule has 0 radical (unpaired) electrons. The van der Waals surface area contributed by atoms with E-state index in [1.54, 1.807) is 0 Å². The second-order valence-corrected chi connectivity index (χ2v) is 3.62. The van der Waals surface area contributed by atoms with Crippen molar-refractivity contribution in [3.05, 3.63) is 0 Å². The standard InChI is InChI=1S/C9H16O2/c1-7-4-2-3-5-8(7)6-9(10)11/h7-8H,2-6H2,1H3,(H,10,11)/t7-,8+/m1/s1. The summed E-state index contributed by atoms with van der Waals surface area (Å²) in [5, 5.41) is 8.58. The number of rotatable bonds is 2. The van der Waals surface area contributed by atoms with Crippen molar-refractivity contribution in [2.75, 3.05) is 0 Å². The number of carboxylic acids is 1. The van der Waals surface area contributed by atoms with E-state index in [-0.39, 0.29) is 0 Å². The van der Waals surface area contributed by atoms with Crippen LogP contribution in [0.5, 0.6) is 0 Å². The fourth-order valence-electron chi connectivity index (χ4n) is 1.92. The molecule has 0 amide bonds. The number of hydrogen-bond donors (Lipinski definition) is 1. The van der Waals surface area contributed by atoms with Gasteiger partial charge in [-0.3, -0.25) is 4.79 Å². The van der Waals surface area contributed by atoms with Crippen molar-refractivity contribution in [1.29, 1.82) is 0 Å². The van der Waals surface area contributed by atoms with Crippen LogP contribution in [0, 0.1) is 11.8 Å². The highest BCUT2D eigenvalue weighted by Crippen LogP contribution is 2.31. The molecule has 0 aliphatic heterocycles. The summed E-state index contributed by atoms with van der Waals surface area (Å²) in [4.78, 5) is 10.4. The summed E-state index contributed by atoms with van der Waals surface area (Å²) in [5.41, 5.74) is 0. The molecule has 1 aliphatic rings. The fraction of sp³-hybridized carbons (Fsp3) is 0.889. The molecule has 1 N–H and O–H groups in total. The smallest absolute Gasteiger partial charge is 0.303 e. The first kappa shape index (κ1) is 8.57. The van der Waals surface area contributed by atoms with Crippen LogP contribution in [-0.4, -0.2) is 11.1 Å². The van der Waals surface area contributed by atoms with Crippen LogP contribution in [0.4, 0.5) is 0 Å². The molecule has 0 aromatic rings. The Kier molecular flexibility index (Phi) is 2.92. The van der Waals surface area contributed by atoms with Gasteiger partial charge in [0.25, 0.3) is 0 Å². The Balaban J connectivity index is 2.35. The Bertz CT molecular complexity index is 142. The molecule has 2 atom stereocenters. The van der Waals surface area contributed by atoms with Crippen molar-refractivity contribution in [1.82, 2.24) is 0 Å². The molecular formula is C9H16O2. The summed E-state index contributed by atoms with van der Waals surface area (Å²) in [6, 6.07) is 0. The van der Waals surface area contributed by atoms with Crippen LogP contribution in [0.15, 0.2) is 0 Å². The van der Waals surface area contributed by atoms with Crippen molar-refractivity contribution >= 4 is 5.97 Å². The van der Waals surface area contributed by atoms with E-state index in [1.807, 2.05) is 0 Å². The Morgan fingerprint density at radius 3 is 2.64 bits per heavy atom. The second-order valence-electron chi connectivity index (χ2n) is 3.62. The third kappa shape index (κ3) is 2.52. The molecule has 1 rings (SSSR count). The molecule has 1 fully saturated rings. The quantitative estimate of drug-likeness (QED) is 0.666. The van der Waals surface area contributed by atoms with Gasteiger partial charge in [-0.1, -0.05) is 26.2 Å². The number of carbonyl (C=O) groups is 1. The minimum atomic E-state index is -0.635. The average Bonchev–Trinajstić information content (AvgIpc) is 1.93. The topological polar surface area (TPSA) is 37.3 Å². The highest BCUT2D eigenvalue weighted by Gasteiger charge is 2.22. The fourth-order valence-corrected chi connectivity index (χ4v) is 1.92. The van der Waals surface area contributed by atoms with Crippen LogP contribution in [0.25, 0.3) is 0 Å². The summed E-state index contributed by atoms with van der Waals surface area (Å²) in [7, 11) is 0. The van der Waals surface area contributed by atoms with Gasteiger partial charge in [0.15, 0.2) is 0 Å². The van der Waals surface area contributed by atoms with E-state index in [4.69, 9.17) is 5.11 Å². The molecule has 1 aliphatic carbocycles. The zero-order chi connectivity index (χ0) is 8.27. The van der Waals surface area contributed by atoms with Gasteiger partial charge in [0.05, 0.1) is 0 Å². The van der Waals surface area contributed by atoms with Crippen molar-refractivity contribution in [3.8, 4) is 0 Å². The van der Waals surface area contributed by atoms with Gasteiger partial charge in [-0.05, 0) is 18.3 Å². The minimum Gasteiger partial charge on any atom is -0.481 e. The van der Waals surface area contributed by atoms with Crippen LogP contribution in [0.3, 0.4) is 0 Å². The SMILES string of the molecule is C[C@@H]1CCCC[C@H]1CC(=O)O. The molecule has 64 valence electrons. The molecule has 0 heterocycles. The number of aliphatic carboxylic acids is 1. The van der Waals surface area contributed by atoms with E-state index in [9.17, 15) is 4.79 Å². The molecule has 1 saturated carbocycles. The number of carboxylic acid groups (broad SMARTS) is 1. The van der Waals surface area contributed by atoms with Gasteiger partial charge in [-0.2, -0.15) is 0 Å². The lowest BCUT2D eigenvalue weighted by Crippen LogP contribution is -2.19. The lowest BCUT2D eigenvalue weighted by atomic mass is 9.79. The maximum Gasteiger partial charge on any atom is 0.303 e. The van der Waals surface area contributed by atoms with E-state index in [1.165, 1.54) is 19.3 Å². The first-order chi connectivity index (χ1) is 5.20. The highest BCUT2D eigenvalue weighted by atomic mass is 16.4. The monoisotopic (exact) mass is 156 g/mol. The molecule has 2 heteroatoms. The molecule has 0 bridgehead atoms. The molecule has 0 aromatic heterocycles. The van der Waals surface area contributed by atoms with Gasteiger partial charge in [0.2, 0.25) is 0 Å². The van der Waals surface area contributed by atoms with E-state index < -0.39 is 5.97 Å². The summed E-state index contributed by atoms with van der Waals surface area (Å²) < 4.78 is 0. The molecule has 0 spiro atoms. The Morgan fingerprint density at radius 2 is 2.09 bits per heavy atom. The zero-order valence-electron chi connectivity index (χ0n) is 7.05. The summed E-state index contributed by atoms with van der Waals surface area (Å²) in [6.45, 7) is 2.17.